The van der Waals surface area contributed by atoms with E-state index in [-0.39, 0.29) is 41.1 Å². The number of fused-ring (bicyclic) bond motifs is 1. The Balaban J connectivity index is 1.64. The van der Waals surface area contributed by atoms with Crippen molar-refractivity contribution in [2.75, 3.05) is 0 Å². The highest BCUT2D eigenvalue weighted by atomic mass is 16.6. The minimum atomic E-state index is -0.509. The van der Waals surface area contributed by atoms with E-state index in [0.29, 0.717) is 18.3 Å². The second kappa shape index (κ2) is 7.43. The van der Waals surface area contributed by atoms with E-state index in [4.69, 9.17) is 0 Å². The van der Waals surface area contributed by atoms with Crippen LogP contribution in [0.4, 0.5) is 5.69 Å². The van der Waals surface area contributed by atoms with E-state index in [1.165, 1.54) is 18.2 Å². The molecular weight excluding hydrogens is 334 g/mol. The summed E-state index contributed by atoms with van der Waals surface area (Å²) < 4.78 is 0. The Morgan fingerprint density at radius 2 is 2.15 bits per heavy atom. The lowest BCUT2D eigenvalue weighted by molar-refractivity contribution is -0.384. The maximum Gasteiger partial charge on any atom is 0.270 e. The van der Waals surface area contributed by atoms with Crippen LogP contribution in [0.15, 0.2) is 24.3 Å². The van der Waals surface area contributed by atoms with Crippen molar-refractivity contribution in [3.8, 4) is 0 Å². The van der Waals surface area contributed by atoms with Crippen LogP contribution in [0.3, 0.4) is 0 Å². The Bertz CT molecular complexity index is 720. The molecule has 1 aromatic rings. The van der Waals surface area contributed by atoms with Gasteiger partial charge in [-0.15, -0.1) is 0 Å². The van der Waals surface area contributed by atoms with Crippen molar-refractivity contribution in [3.05, 3.63) is 39.9 Å². The first-order valence-electron chi connectivity index (χ1n) is 9.26. The molecule has 7 heteroatoms. The van der Waals surface area contributed by atoms with Crippen LogP contribution in [0.5, 0.6) is 0 Å². The molecule has 2 aliphatic rings. The van der Waals surface area contributed by atoms with Gasteiger partial charge in [0.25, 0.3) is 11.6 Å². The van der Waals surface area contributed by atoms with E-state index in [1.54, 1.807) is 6.07 Å². The highest BCUT2D eigenvalue weighted by molar-refractivity contribution is 5.95. The third-order valence-electron chi connectivity index (χ3n) is 5.97. The number of hydrogen-bond acceptors (Lipinski definition) is 4. The highest BCUT2D eigenvalue weighted by Gasteiger charge is 2.43. The maximum absolute atomic E-state index is 12.5. The van der Waals surface area contributed by atoms with Gasteiger partial charge in [0.1, 0.15) is 0 Å². The molecule has 1 aliphatic carbocycles. The number of hydrogen-bond donors (Lipinski definition) is 2. The van der Waals surface area contributed by atoms with Gasteiger partial charge >= 0.3 is 0 Å². The van der Waals surface area contributed by atoms with Crippen LogP contribution < -0.4 is 10.6 Å². The molecule has 1 aliphatic heterocycles. The molecule has 0 aromatic heterocycles. The SMILES string of the molecule is CCC1C(=O)NC2CC(NC(=O)c3cccc([N+](=O)[O-])c3)CCC2C1C. The average Bonchev–Trinajstić information content (AvgIpc) is 2.62. The van der Waals surface area contributed by atoms with Gasteiger partial charge in [0, 0.05) is 35.7 Å². The maximum atomic E-state index is 12.5. The summed E-state index contributed by atoms with van der Waals surface area (Å²) in [6.07, 6.45) is 3.38. The van der Waals surface area contributed by atoms with Gasteiger partial charge in [0.2, 0.25) is 5.91 Å². The number of benzene rings is 1. The fourth-order valence-electron chi connectivity index (χ4n) is 4.53. The van der Waals surface area contributed by atoms with Gasteiger partial charge < -0.3 is 10.6 Å². The summed E-state index contributed by atoms with van der Waals surface area (Å²) in [6.45, 7) is 4.21. The van der Waals surface area contributed by atoms with Crippen molar-refractivity contribution in [3.63, 3.8) is 0 Å². The van der Waals surface area contributed by atoms with E-state index in [9.17, 15) is 19.7 Å². The molecule has 7 nitrogen and oxygen atoms in total. The van der Waals surface area contributed by atoms with Crippen LogP contribution in [0.2, 0.25) is 0 Å². The second-order valence-electron chi connectivity index (χ2n) is 7.44. The largest absolute Gasteiger partial charge is 0.353 e. The second-order valence-corrected chi connectivity index (χ2v) is 7.44. The Morgan fingerprint density at radius 1 is 1.38 bits per heavy atom. The van der Waals surface area contributed by atoms with E-state index in [0.717, 1.165) is 19.3 Å². The molecule has 2 fully saturated rings. The fraction of sp³-hybridized carbons (Fsp3) is 0.579. The van der Waals surface area contributed by atoms with E-state index in [1.807, 2.05) is 6.92 Å². The first-order valence-corrected chi connectivity index (χ1v) is 9.26. The Labute approximate surface area is 152 Å². The Hall–Kier alpha value is -2.44. The monoisotopic (exact) mass is 359 g/mol. The Morgan fingerprint density at radius 3 is 2.85 bits per heavy atom. The van der Waals surface area contributed by atoms with Crippen molar-refractivity contribution in [2.45, 2.75) is 51.6 Å². The molecule has 1 aromatic carbocycles. The third-order valence-corrected chi connectivity index (χ3v) is 5.97. The van der Waals surface area contributed by atoms with Gasteiger partial charge in [-0.2, -0.15) is 0 Å². The van der Waals surface area contributed by atoms with Crippen LogP contribution in [0, 0.1) is 27.9 Å². The summed E-state index contributed by atoms with van der Waals surface area (Å²) in [5, 5.41) is 17.0. The van der Waals surface area contributed by atoms with E-state index < -0.39 is 4.92 Å². The number of nitro benzene ring substituents is 1. The quantitative estimate of drug-likeness (QED) is 0.637. The lowest BCUT2D eigenvalue weighted by Crippen LogP contribution is -2.58. The number of nitro groups is 1. The smallest absolute Gasteiger partial charge is 0.270 e. The number of carbonyl (C=O) groups is 2. The van der Waals surface area contributed by atoms with Gasteiger partial charge in [-0.1, -0.05) is 19.9 Å². The third kappa shape index (κ3) is 3.57. The zero-order valence-corrected chi connectivity index (χ0v) is 15.1. The lowest BCUT2D eigenvalue weighted by Gasteiger charge is -2.46. The lowest BCUT2D eigenvalue weighted by atomic mass is 9.67. The zero-order valence-electron chi connectivity index (χ0n) is 15.1. The number of piperidine rings is 1. The molecule has 2 N–H and O–H groups in total. The van der Waals surface area contributed by atoms with Crippen molar-refractivity contribution in [1.82, 2.24) is 10.6 Å². The first kappa shape index (κ1) is 18.4. The summed E-state index contributed by atoms with van der Waals surface area (Å²) in [6, 6.07) is 5.79. The molecule has 5 unspecified atom stereocenters. The van der Waals surface area contributed by atoms with Crippen molar-refractivity contribution < 1.29 is 14.5 Å². The topological polar surface area (TPSA) is 101 Å². The summed E-state index contributed by atoms with van der Waals surface area (Å²) in [5.74, 6) is 0.689. The number of carbonyl (C=O) groups excluding carboxylic acids is 2. The van der Waals surface area contributed by atoms with Crippen LogP contribution >= 0.6 is 0 Å². The molecule has 3 rings (SSSR count). The predicted octanol–water partition coefficient (Wildman–Crippen LogP) is 2.65. The van der Waals surface area contributed by atoms with Crippen LogP contribution in [-0.2, 0) is 4.79 Å². The molecule has 0 radical (unpaired) electrons. The van der Waals surface area contributed by atoms with E-state index >= 15 is 0 Å². The molecule has 5 atom stereocenters. The van der Waals surface area contributed by atoms with Gasteiger partial charge in [0.05, 0.1) is 4.92 Å². The number of rotatable bonds is 4. The first-order chi connectivity index (χ1) is 12.4. The standard InChI is InChI=1S/C19H25N3O4/c1-3-15-11(2)16-8-7-13(10-17(16)21-19(15)24)20-18(23)12-5-4-6-14(9-12)22(25)26/h4-6,9,11,13,15-17H,3,7-8,10H2,1-2H3,(H,20,23)(H,21,24). The minimum Gasteiger partial charge on any atom is -0.353 e. The van der Waals surface area contributed by atoms with Crippen LogP contribution in [-0.4, -0.2) is 28.8 Å². The molecule has 1 saturated carbocycles. The van der Waals surface area contributed by atoms with Crippen molar-refractivity contribution >= 4 is 17.5 Å². The van der Waals surface area contributed by atoms with Crippen molar-refractivity contribution in [2.24, 2.45) is 17.8 Å². The van der Waals surface area contributed by atoms with Gasteiger partial charge in [0.15, 0.2) is 0 Å². The fourth-order valence-corrected chi connectivity index (χ4v) is 4.53. The van der Waals surface area contributed by atoms with E-state index in [2.05, 4.69) is 17.6 Å². The molecule has 140 valence electrons. The van der Waals surface area contributed by atoms with Gasteiger partial charge in [-0.05, 0) is 43.6 Å². The molecule has 26 heavy (non-hydrogen) atoms. The molecule has 1 heterocycles. The summed E-state index contributed by atoms with van der Waals surface area (Å²) in [4.78, 5) is 35.1. The predicted molar refractivity (Wildman–Crippen MR) is 96.6 cm³/mol. The number of non-ortho nitro benzene ring substituents is 1. The number of nitrogens with zero attached hydrogens (tertiary/aromatic N) is 1. The number of amides is 2. The summed E-state index contributed by atoms with van der Waals surface area (Å²) in [7, 11) is 0. The normalized spacial score (nSPS) is 30.8. The zero-order chi connectivity index (χ0) is 18.8. The number of nitrogens with one attached hydrogen (secondary N) is 2. The average molecular weight is 359 g/mol. The minimum absolute atomic E-state index is 0.0336. The molecule has 0 bridgehead atoms. The van der Waals surface area contributed by atoms with Gasteiger partial charge in [-0.25, -0.2) is 0 Å². The van der Waals surface area contributed by atoms with Crippen LogP contribution in [0.1, 0.15) is 49.9 Å². The molecular formula is C19H25N3O4. The highest BCUT2D eigenvalue weighted by Crippen LogP contribution is 2.38. The van der Waals surface area contributed by atoms with Crippen molar-refractivity contribution in [1.29, 1.82) is 0 Å². The van der Waals surface area contributed by atoms with Gasteiger partial charge in [-0.3, -0.25) is 19.7 Å². The molecule has 1 saturated heterocycles. The Kier molecular flexibility index (Phi) is 5.25. The molecule has 2 amide bonds. The summed E-state index contributed by atoms with van der Waals surface area (Å²) in [5.41, 5.74) is 0.189. The molecule has 0 spiro atoms. The van der Waals surface area contributed by atoms with Crippen LogP contribution in [0.25, 0.3) is 0 Å². The summed E-state index contributed by atoms with van der Waals surface area (Å²) >= 11 is 0.